The Morgan fingerprint density at radius 1 is 1.56 bits per heavy atom. The van der Waals surface area contributed by atoms with E-state index in [4.69, 9.17) is 4.74 Å². The molecule has 1 aromatic heterocycles. The molecule has 0 aliphatic carbocycles. The van der Waals surface area contributed by atoms with Gasteiger partial charge < -0.3 is 9.64 Å². The molecule has 0 bridgehead atoms. The van der Waals surface area contributed by atoms with Gasteiger partial charge in [-0.1, -0.05) is 6.92 Å². The summed E-state index contributed by atoms with van der Waals surface area (Å²) in [5.74, 6) is 0. The Balaban J connectivity index is 2.12. The van der Waals surface area contributed by atoms with Crippen LogP contribution in [0.25, 0.3) is 6.08 Å². The van der Waals surface area contributed by atoms with Gasteiger partial charge >= 0.3 is 0 Å². The fourth-order valence-corrected chi connectivity index (χ4v) is 2.84. The molecule has 1 aliphatic heterocycles. The summed E-state index contributed by atoms with van der Waals surface area (Å²) in [4.78, 5) is 13.6. The minimum atomic E-state index is -0.311. The molecular weight excluding hydrogens is 252 g/mol. The second kappa shape index (κ2) is 5.97. The first-order valence-electron chi connectivity index (χ1n) is 5.98. The Bertz CT molecular complexity index is 450. The van der Waals surface area contributed by atoms with Crippen LogP contribution in [0.3, 0.4) is 0 Å². The lowest BCUT2D eigenvalue weighted by atomic mass is 10.3. The third-order valence-corrected chi connectivity index (χ3v) is 3.93. The molecule has 6 heteroatoms. The predicted molar refractivity (Wildman–Crippen MR) is 72.6 cm³/mol. The summed E-state index contributed by atoms with van der Waals surface area (Å²) in [6, 6.07) is 3.96. The molecule has 0 aromatic carbocycles. The lowest BCUT2D eigenvalue weighted by molar-refractivity contribution is -0.425. The number of thiophene rings is 1. The van der Waals surface area contributed by atoms with E-state index in [0.717, 1.165) is 36.2 Å². The van der Waals surface area contributed by atoms with E-state index in [0.29, 0.717) is 6.42 Å². The van der Waals surface area contributed by atoms with Crippen LogP contribution in [0.4, 0.5) is 5.00 Å². The van der Waals surface area contributed by atoms with Gasteiger partial charge in [-0.05, 0) is 12.1 Å². The number of anilines is 1. The van der Waals surface area contributed by atoms with Gasteiger partial charge in [-0.2, -0.15) is 0 Å². The molecule has 0 spiro atoms. The van der Waals surface area contributed by atoms with Crippen LogP contribution >= 0.6 is 11.3 Å². The van der Waals surface area contributed by atoms with Gasteiger partial charge in [0.1, 0.15) is 0 Å². The summed E-state index contributed by atoms with van der Waals surface area (Å²) in [6.45, 7) is 5.07. The molecule has 1 aliphatic rings. The predicted octanol–water partition coefficient (Wildman–Crippen LogP) is 2.61. The standard InChI is InChI=1S/C12H16N2O3S/c1-2-10(14(15)16)9-11-3-4-12(18-11)13-5-7-17-8-6-13/h3-4,9H,2,5-8H2,1H3/b10-9+. The Morgan fingerprint density at radius 2 is 2.28 bits per heavy atom. The van der Waals surface area contributed by atoms with Gasteiger partial charge in [0.25, 0.3) is 0 Å². The zero-order valence-electron chi connectivity index (χ0n) is 10.3. The zero-order chi connectivity index (χ0) is 13.0. The molecule has 18 heavy (non-hydrogen) atoms. The van der Waals surface area contributed by atoms with Crippen molar-refractivity contribution < 1.29 is 9.66 Å². The number of nitro groups is 1. The topological polar surface area (TPSA) is 55.6 Å². The molecule has 0 atom stereocenters. The SMILES string of the molecule is CC/C(=C\c1ccc(N2CCOCC2)s1)[N+](=O)[O-]. The Labute approximate surface area is 110 Å². The van der Waals surface area contributed by atoms with Crippen LogP contribution in [0, 0.1) is 10.1 Å². The average molecular weight is 268 g/mol. The van der Waals surface area contributed by atoms with Crippen molar-refractivity contribution in [1.29, 1.82) is 0 Å². The summed E-state index contributed by atoms with van der Waals surface area (Å²) >= 11 is 1.59. The van der Waals surface area contributed by atoms with Gasteiger partial charge in [-0.3, -0.25) is 10.1 Å². The highest BCUT2D eigenvalue weighted by molar-refractivity contribution is 7.16. The lowest BCUT2D eigenvalue weighted by Crippen LogP contribution is -2.35. The highest BCUT2D eigenvalue weighted by atomic mass is 32.1. The van der Waals surface area contributed by atoms with Gasteiger partial charge in [0.05, 0.1) is 23.1 Å². The summed E-state index contributed by atoms with van der Waals surface area (Å²) < 4.78 is 5.30. The first-order chi connectivity index (χ1) is 8.70. The zero-order valence-corrected chi connectivity index (χ0v) is 11.1. The normalized spacial score (nSPS) is 16.9. The maximum absolute atomic E-state index is 10.8. The summed E-state index contributed by atoms with van der Waals surface area (Å²) in [6.07, 6.45) is 2.10. The molecule has 1 aromatic rings. The van der Waals surface area contributed by atoms with Gasteiger partial charge in [-0.25, -0.2) is 0 Å². The van der Waals surface area contributed by atoms with Gasteiger partial charge in [-0.15, -0.1) is 11.3 Å². The van der Waals surface area contributed by atoms with Crippen LogP contribution < -0.4 is 4.90 Å². The summed E-state index contributed by atoms with van der Waals surface area (Å²) in [7, 11) is 0. The highest BCUT2D eigenvalue weighted by Crippen LogP contribution is 2.28. The molecule has 0 saturated carbocycles. The molecule has 1 saturated heterocycles. The first kappa shape index (κ1) is 13.0. The fraction of sp³-hybridized carbons (Fsp3) is 0.500. The van der Waals surface area contributed by atoms with E-state index in [9.17, 15) is 10.1 Å². The van der Waals surface area contributed by atoms with E-state index in [1.807, 2.05) is 12.1 Å². The molecule has 2 heterocycles. The Kier molecular flexibility index (Phi) is 4.33. The third kappa shape index (κ3) is 3.08. The smallest absolute Gasteiger partial charge is 0.247 e. The van der Waals surface area contributed by atoms with E-state index >= 15 is 0 Å². The van der Waals surface area contributed by atoms with Crippen molar-refractivity contribution >= 4 is 22.4 Å². The summed E-state index contributed by atoms with van der Waals surface area (Å²) in [5.41, 5.74) is 0.255. The van der Waals surface area contributed by atoms with Gasteiger partial charge in [0.2, 0.25) is 5.70 Å². The maximum Gasteiger partial charge on any atom is 0.247 e. The van der Waals surface area contributed by atoms with Crippen molar-refractivity contribution in [3.63, 3.8) is 0 Å². The maximum atomic E-state index is 10.8. The molecule has 1 fully saturated rings. The number of ether oxygens (including phenoxy) is 1. The average Bonchev–Trinajstić information content (AvgIpc) is 2.85. The third-order valence-electron chi connectivity index (χ3n) is 2.84. The quantitative estimate of drug-likeness (QED) is 0.622. The monoisotopic (exact) mass is 268 g/mol. The van der Waals surface area contributed by atoms with Crippen LogP contribution in [0.5, 0.6) is 0 Å². The van der Waals surface area contributed by atoms with E-state index < -0.39 is 0 Å². The van der Waals surface area contributed by atoms with Crippen molar-refractivity contribution in [3.8, 4) is 0 Å². The summed E-state index contributed by atoms with van der Waals surface area (Å²) in [5, 5.41) is 11.9. The molecule has 2 rings (SSSR count). The van der Waals surface area contributed by atoms with Gasteiger partial charge in [0.15, 0.2) is 0 Å². The van der Waals surface area contributed by atoms with Crippen molar-refractivity contribution in [2.75, 3.05) is 31.2 Å². The van der Waals surface area contributed by atoms with Crippen molar-refractivity contribution in [3.05, 3.63) is 32.8 Å². The Hall–Kier alpha value is -1.40. The second-order valence-electron chi connectivity index (χ2n) is 4.02. The van der Waals surface area contributed by atoms with E-state index in [1.165, 1.54) is 0 Å². The van der Waals surface area contributed by atoms with Crippen LogP contribution in [-0.2, 0) is 4.74 Å². The molecule has 5 nitrogen and oxygen atoms in total. The minimum absolute atomic E-state index is 0.255. The van der Waals surface area contributed by atoms with E-state index in [1.54, 1.807) is 24.3 Å². The van der Waals surface area contributed by atoms with E-state index in [2.05, 4.69) is 4.90 Å². The molecule has 0 amide bonds. The van der Waals surface area contributed by atoms with Crippen LogP contribution in [0.15, 0.2) is 17.8 Å². The fourth-order valence-electron chi connectivity index (χ4n) is 1.82. The van der Waals surface area contributed by atoms with Crippen LogP contribution in [-0.4, -0.2) is 31.2 Å². The first-order valence-corrected chi connectivity index (χ1v) is 6.80. The van der Waals surface area contributed by atoms with Crippen molar-refractivity contribution in [2.24, 2.45) is 0 Å². The van der Waals surface area contributed by atoms with Crippen molar-refractivity contribution in [2.45, 2.75) is 13.3 Å². The number of hydrogen-bond acceptors (Lipinski definition) is 5. The lowest BCUT2D eigenvalue weighted by Gasteiger charge is -2.27. The molecule has 0 radical (unpaired) electrons. The number of morpholine rings is 1. The second-order valence-corrected chi connectivity index (χ2v) is 5.12. The largest absolute Gasteiger partial charge is 0.378 e. The van der Waals surface area contributed by atoms with Crippen LogP contribution in [0.2, 0.25) is 0 Å². The van der Waals surface area contributed by atoms with E-state index in [-0.39, 0.29) is 10.6 Å². The molecule has 0 N–H and O–H groups in total. The number of hydrogen-bond donors (Lipinski definition) is 0. The number of allylic oxidation sites excluding steroid dienone is 1. The highest BCUT2D eigenvalue weighted by Gasteiger charge is 2.14. The number of nitrogens with zero attached hydrogens (tertiary/aromatic N) is 2. The van der Waals surface area contributed by atoms with Gasteiger partial charge in [0, 0.05) is 30.5 Å². The molecule has 0 unspecified atom stereocenters. The van der Waals surface area contributed by atoms with Crippen LogP contribution in [0.1, 0.15) is 18.2 Å². The minimum Gasteiger partial charge on any atom is -0.378 e. The molecule has 98 valence electrons. The molecular formula is C12H16N2O3S. The van der Waals surface area contributed by atoms with Crippen molar-refractivity contribution in [1.82, 2.24) is 0 Å². The Morgan fingerprint density at radius 3 is 2.89 bits per heavy atom. The number of rotatable bonds is 4.